The molecule has 0 fully saturated rings. The van der Waals surface area contributed by atoms with Crippen molar-refractivity contribution in [1.82, 2.24) is 20.2 Å². The van der Waals surface area contributed by atoms with Gasteiger partial charge in [0.25, 0.3) is 0 Å². The van der Waals surface area contributed by atoms with E-state index in [0.29, 0.717) is 0 Å². The van der Waals surface area contributed by atoms with Crippen molar-refractivity contribution in [2.75, 3.05) is 0 Å². The lowest BCUT2D eigenvalue weighted by Crippen LogP contribution is -2.04. The van der Waals surface area contributed by atoms with Crippen molar-refractivity contribution < 1.29 is 4.79 Å². The van der Waals surface area contributed by atoms with E-state index in [2.05, 4.69) is 15.5 Å². The van der Waals surface area contributed by atoms with E-state index >= 15 is 0 Å². The summed E-state index contributed by atoms with van der Waals surface area (Å²) in [5, 5.41) is 9.52. The van der Waals surface area contributed by atoms with Crippen molar-refractivity contribution in [1.29, 1.82) is 0 Å². The van der Waals surface area contributed by atoms with E-state index in [1.165, 1.54) is 11.0 Å². The Morgan fingerprint density at radius 3 is 3.00 bits per heavy atom. The summed E-state index contributed by atoms with van der Waals surface area (Å²) < 4.78 is 1.25. The molecule has 9 heavy (non-hydrogen) atoms. The summed E-state index contributed by atoms with van der Waals surface area (Å²) in [5.41, 5.74) is 0. The van der Waals surface area contributed by atoms with Gasteiger partial charge in [0, 0.05) is 0 Å². The van der Waals surface area contributed by atoms with Gasteiger partial charge in [-0.15, -0.1) is 5.10 Å². The zero-order valence-electron chi connectivity index (χ0n) is 4.36. The van der Waals surface area contributed by atoms with Crippen LogP contribution in [0.25, 0.3) is 0 Å². The molecule has 1 rings (SSSR count). The Bertz CT molecular complexity index is 196. The first-order valence-electron chi connectivity index (χ1n) is 2.18. The maximum atomic E-state index is 10.2. The Morgan fingerprint density at radius 1 is 1.78 bits per heavy atom. The second kappa shape index (κ2) is 2.54. The SMILES string of the molecule is O=C(Cl)Cn1cnnn1. The minimum Gasteiger partial charge on any atom is -0.279 e. The number of nitrogens with zero attached hydrogens (tertiary/aromatic N) is 4. The Labute approximate surface area is 55.6 Å². The number of rotatable bonds is 2. The monoisotopic (exact) mass is 146 g/mol. The van der Waals surface area contributed by atoms with Crippen molar-refractivity contribution in [3.63, 3.8) is 0 Å². The van der Waals surface area contributed by atoms with Gasteiger partial charge in [0.15, 0.2) is 0 Å². The molecule has 0 aliphatic heterocycles. The van der Waals surface area contributed by atoms with Crippen LogP contribution in [-0.2, 0) is 11.3 Å². The van der Waals surface area contributed by atoms with Gasteiger partial charge in [0.2, 0.25) is 5.24 Å². The van der Waals surface area contributed by atoms with Crippen LogP contribution in [0.15, 0.2) is 6.33 Å². The highest BCUT2D eigenvalue weighted by Gasteiger charge is 1.96. The molecule has 0 unspecified atom stereocenters. The van der Waals surface area contributed by atoms with Gasteiger partial charge in [-0.1, -0.05) is 0 Å². The number of halogens is 1. The molecule has 0 saturated heterocycles. The highest BCUT2D eigenvalue weighted by molar-refractivity contribution is 6.63. The van der Waals surface area contributed by atoms with Crippen LogP contribution >= 0.6 is 11.6 Å². The number of aromatic nitrogens is 4. The molecular formula is C3H3ClN4O. The predicted octanol–water partition coefficient (Wildman–Crippen LogP) is -0.562. The first-order valence-corrected chi connectivity index (χ1v) is 2.56. The quantitative estimate of drug-likeness (QED) is 0.525. The van der Waals surface area contributed by atoms with Gasteiger partial charge in [0.05, 0.1) is 0 Å². The average molecular weight is 147 g/mol. The average Bonchev–Trinajstić information content (AvgIpc) is 2.15. The van der Waals surface area contributed by atoms with E-state index in [0.717, 1.165) is 0 Å². The van der Waals surface area contributed by atoms with Crippen molar-refractivity contribution in [3.05, 3.63) is 6.33 Å². The lowest BCUT2D eigenvalue weighted by atomic mass is 10.7. The Morgan fingerprint density at radius 2 is 2.56 bits per heavy atom. The van der Waals surface area contributed by atoms with E-state index in [4.69, 9.17) is 11.6 Å². The molecule has 0 radical (unpaired) electrons. The smallest absolute Gasteiger partial charge is 0.243 e. The molecule has 0 atom stereocenters. The number of tetrazole rings is 1. The van der Waals surface area contributed by atoms with Crippen molar-refractivity contribution in [2.24, 2.45) is 0 Å². The van der Waals surface area contributed by atoms with E-state index in [-0.39, 0.29) is 6.54 Å². The van der Waals surface area contributed by atoms with Crippen LogP contribution in [0, 0.1) is 0 Å². The highest BCUT2D eigenvalue weighted by atomic mass is 35.5. The largest absolute Gasteiger partial charge is 0.279 e. The van der Waals surface area contributed by atoms with Crippen LogP contribution in [0.3, 0.4) is 0 Å². The maximum absolute atomic E-state index is 10.2. The molecule has 48 valence electrons. The number of hydrogen-bond donors (Lipinski definition) is 0. The van der Waals surface area contributed by atoms with Crippen LogP contribution in [-0.4, -0.2) is 25.4 Å². The van der Waals surface area contributed by atoms with Gasteiger partial charge < -0.3 is 0 Å². The first kappa shape index (κ1) is 6.15. The summed E-state index contributed by atoms with van der Waals surface area (Å²) >= 11 is 5.01. The van der Waals surface area contributed by atoms with E-state index in [1.807, 2.05) is 0 Å². The summed E-state index contributed by atoms with van der Waals surface area (Å²) in [6.07, 6.45) is 1.32. The highest BCUT2D eigenvalue weighted by Crippen LogP contribution is 1.83. The lowest BCUT2D eigenvalue weighted by Gasteiger charge is -1.87. The topological polar surface area (TPSA) is 60.7 Å². The third-order valence-corrected chi connectivity index (χ3v) is 0.797. The zero-order valence-corrected chi connectivity index (χ0v) is 5.12. The summed E-state index contributed by atoms with van der Waals surface area (Å²) in [7, 11) is 0. The predicted molar refractivity (Wildman–Crippen MR) is 28.7 cm³/mol. The molecule has 1 aromatic rings. The molecular weight excluding hydrogens is 144 g/mol. The van der Waals surface area contributed by atoms with Gasteiger partial charge in [-0.05, 0) is 22.0 Å². The van der Waals surface area contributed by atoms with Crippen LogP contribution in [0.4, 0.5) is 0 Å². The first-order chi connectivity index (χ1) is 4.29. The third-order valence-electron chi connectivity index (χ3n) is 0.678. The molecule has 0 saturated carbocycles. The molecule has 6 heteroatoms. The van der Waals surface area contributed by atoms with Gasteiger partial charge in [-0.25, -0.2) is 4.68 Å². The number of hydrogen-bond acceptors (Lipinski definition) is 4. The summed E-state index contributed by atoms with van der Waals surface area (Å²) in [6.45, 7) is 0.0224. The third kappa shape index (κ3) is 1.77. The van der Waals surface area contributed by atoms with Crippen LogP contribution < -0.4 is 0 Å². The molecule has 0 aromatic carbocycles. The standard InChI is InChI=1S/C3H3ClN4O/c4-3(9)1-8-2-5-6-7-8/h2H,1H2. The second-order valence-electron chi connectivity index (χ2n) is 1.36. The van der Waals surface area contributed by atoms with Crippen molar-refractivity contribution >= 4 is 16.8 Å². The Kier molecular flexibility index (Phi) is 1.74. The van der Waals surface area contributed by atoms with Gasteiger partial charge in [-0.3, -0.25) is 4.79 Å². The van der Waals surface area contributed by atoms with Crippen molar-refractivity contribution in [2.45, 2.75) is 6.54 Å². The fraction of sp³-hybridized carbons (Fsp3) is 0.333. The second-order valence-corrected chi connectivity index (χ2v) is 1.78. The van der Waals surface area contributed by atoms with E-state index < -0.39 is 5.24 Å². The Hall–Kier alpha value is -0.970. The van der Waals surface area contributed by atoms with Crippen LogP contribution in [0.1, 0.15) is 0 Å². The fourth-order valence-corrected chi connectivity index (χ4v) is 0.503. The number of carbonyl (C=O) groups excluding carboxylic acids is 1. The molecule has 1 aromatic heterocycles. The maximum Gasteiger partial charge on any atom is 0.243 e. The number of carbonyl (C=O) groups is 1. The minimum atomic E-state index is -0.484. The molecule has 0 bridgehead atoms. The molecule has 0 aliphatic rings. The molecule has 0 aliphatic carbocycles. The van der Waals surface area contributed by atoms with Gasteiger partial charge in [0.1, 0.15) is 12.9 Å². The zero-order chi connectivity index (χ0) is 6.69. The molecule has 0 amide bonds. The van der Waals surface area contributed by atoms with Crippen LogP contribution in [0.2, 0.25) is 0 Å². The summed E-state index contributed by atoms with van der Waals surface area (Å²) in [6, 6.07) is 0. The molecule has 0 spiro atoms. The molecule has 5 nitrogen and oxygen atoms in total. The van der Waals surface area contributed by atoms with Crippen LogP contribution in [0.5, 0.6) is 0 Å². The van der Waals surface area contributed by atoms with E-state index in [9.17, 15) is 4.79 Å². The normalized spacial score (nSPS) is 9.44. The summed E-state index contributed by atoms with van der Waals surface area (Å²) in [4.78, 5) is 10.2. The van der Waals surface area contributed by atoms with Crippen molar-refractivity contribution in [3.8, 4) is 0 Å². The molecule has 1 heterocycles. The van der Waals surface area contributed by atoms with Gasteiger partial charge >= 0.3 is 0 Å². The molecule has 0 N–H and O–H groups in total. The van der Waals surface area contributed by atoms with Gasteiger partial charge in [-0.2, -0.15) is 0 Å². The summed E-state index contributed by atoms with van der Waals surface area (Å²) in [5.74, 6) is 0. The Balaban J connectivity index is 2.58. The lowest BCUT2D eigenvalue weighted by molar-refractivity contribution is -0.112. The fourth-order valence-electron chi connectivity index (χ4n) is 0.380. The van der Waals surface area contributed by atoms with E-state index in [1.54, 1.807) is 0 Å². The minimum absolute atomic E-state index is 0.0224.